The third-order valence-electron chi connectivity index (χ3n) is 3.80. The Bertz CT molecular complexity index is 935. The van der Waals surface area contributed by atoms with Gasteiger partial charge in [-0.2, -0.15) is 0 Å². The first-order valence-corrected chi connectivity index (χ1v) is 7.47. The zero-order chi connectivity index (χ0) is 17.1. The second kappa shape index (κ2) is 6.62. The van der Waals surface area contributed by atoms with Gasteiger partial charge in [0.05, 0.1) is 17.2 Å². The smallest absolute Gasteiger partial charge is 0.261 e. The van der Waals surface area contributed by atoms with Crippen molar-refractivity contribution in [2.45, 2.75) is 13.1 Å². The van der Waals surface area contributed by atoms with Crippen molar-refractivity contribution in [3.8, 4) is 0 Å². The van der Waals surface area contributed by atoms with Crippen molar-refractivity contribution >= 4 is 16.8 Å². The number of aromatic nitrogens is 2. The van der Waals surface area contributed by atoms with Gasteiger partial charge in [-0.3, -0.25) is 14.2 Å². The van der Waals surface area contributed by atoms with Gasteiger partial charge in [-0.1, -0.05) is 24.3 Å². The van der Waals surface area contributed by atoms with Crippen LogP contribution in [0.1, 0.15) is 5.56 Å². The minimum absolute atomic E-state index is 0.0889. The Morgan fingerprint density at radius 3 is 2.62 bits per heavy atom. The number of carbonyl (C=O) groups excluding carboxylic acids is 1. The number of halogens is 1. The van der Waals surface area contributed by atoms with Crippen LogP contribution >= 0.6 is 0 Å². The summed E-state index contributed by atoms with van der Waals surface area (Å²) < 4.78 is 14.2. The number of rotatable bonds is 4. The van der Waals surface area contributed by atoms with Crippen LogP contribution in [0, 0.1) is 5.82 Å². The van der Waals surface area contributed by atoms with E-state index in [0.29, 0.717) is 17.4 Å². The minimum Gasteiger partial charge on any atom is -0.340 e. The summed E-state index contributed by atoms with van der Waals surface area (Å²) in [7, 11) is 1.64. The van der Waals surface area contributed by atoms with E-state index in [9.17, 15) is 14.0 Å². The van der Waals surface area contributed by atoms with E-state index in [2.05, 4.69) is 4.98 Å². The van der Waals surface area contributed by atoms with Crippen LogP contribution in [0.4, 0.5) is 4.39 Å². The summed E-state index contributed by atoms with van der Waals surface area (Å²) in [5, 5.41) is 0.481. The zero-order valence-electron chi connectivity index (χ0n) is 13.1. The molecular weight excluding hydrogens is 309 g/mol. The largest absolute Gasteiger partial charge is 0.340 e. The Balaban J connectivity index is 1.75. The van der Waals surface area contributed by atoms with Gasteiger partial charge in [0.2, 0.25) is 5.91 Å². The standard InChI is InChI=1S/C18H16FN3O2/c1-21(10-13-6-8-14(19)9-7-13)17(23)11-22-12-20-16-5-3-2-4-15(16)18(22)24/h2-9,12H,10-11H2,1H3. The fourth-order valence-electron chi connectivity index (χ4n) is 2.44. The summed E-state index contributed by atoms with van der Waals surface area (Å²) >= 11 is 0. The van der Waals surface area contributed by atoms with Crippen molar-refractivity contribution in [1.82, 2.24) is 14.5 Å². The molecule has 1 amide bonds. The molecule has 0 unspecified atom stereocenters. The number of amides is 1. The summed E-state index contributed by atoms with van der Waals surface area (Å²) in [6, 6.07) is 13.0. The number of para-hydroxylation sites is 1. The molecule has 0 N–H and O–H groups in total. The van der Waals surface area contributed by atoms with E-state index in [0.717, 1.165) is 5.56 Å². The molecule has 0 aliphatic rings. The Morgan fingerprint density at radius 2 is 1.88 bits per heavy atom. The third-order valence-corrected chi connectivity index (χ3v) is 3.80. The van der Waals surface area contributed by atoms with Crippen LogP contribution in [0.5, 0.6) is 0 Å². The molecule has 0 atom stereocenters. The average molecular weight is 325 g/mol. The van der Waals surface area contributed by atoms with Gasteiger partial charge >= 0.3 is 0 Å². The Labute approximate surface area is 138 Å². The summed E-state index contributed by atoms with van der Waals surface area (Å²) in [6.07, 6.45) is 1.38. The van der Waals surface area contributed by atoms with Crippen molar-refractivity contribution < 1.29 is 9.18 Å². The van der Waals surface area contributed by atoms with Gasteiger partial charge in [0.25, 0.3) is 5.56 Å². The highest BCUT2D eigenvalue weighted by Crippen LogP contribution is 2.07. The van der Waals surface area contributed by atoms with E-state index >= 15 is 0 Å². The Kier molecular flexibility index (Phi) is 4.37. The van der Waals surface area contributed by atoms with Crippen molar-refractivity contribution in [3.05, 3.63) is 76.6 Å². The molecule has 0 fully saturated rings. The second-order valence-corrected chi connectivity index (χ2v) is 5.57. The zero-order valence-corrected chi connectivity index (χ0v) is 13.1. The Morgan fingerprint density at radius 1 is 1.17 bits per heavy atom. The van der Waals surface area contributed by atoms with Gasteiger partial charge in [0.15, 0.2) is 0 Å². The van der Waals surface area contributed by atoms with Crippen LogP contribution in [0.15, 0.2) is 59.7 Å². The van der Waals surface area contributed by atoms with Crippen LogP contribution in [0.3, 0.4) is 0 Å². The molecular formula is C18H16FN3O2. The van der Waals surface area contributed by atoms with Crippen LogP contribution in [0.2, 0.25) is 0 Å². The maximum Gasteiger partial charge on any atom is 0.261 e. The maximum atomic E-state index is 12.9. The number of likely N-dealkylation sites (N-methyl/N-ethyl adjacent to an activating group) is 1. The molecule has 0 saturated carbocycles. The summed E-state index contributed by atoms with van der Waals surface area (Å²) in [5.74, 6) is -0.542. The first-order valence-electron chi connectivity index (χ1n) is 7.47. The van der Waals surface area contributed by atoms with E-state index in [4.69, 9.17) is 0 Å². The highest BCUT2D eigenvalue weighted by molar-refractivity contribution is 5.78. The number of carbonyl (C=O) groups is 1. The molecule has 3 aromatic rings. The number of nitrogens with zero attached hydrogens (tertiary/aromatic N) is 3. The molecule has 0 saturated heterocycles. The SMILES string of the molecule is CN(Cc1ccc(F)cc1)C(=O)Cn1cnc2ccccc2c1=O. The van der Waals surface area contributed by atoms with E-state index < -0.39 is 0 Å². The lowest BCUT2D eigenvalue weighted by Crippen LogP contribution is -2.33. The molecule has 122 valence electrons. The highest BCUT2D eigenvalue weighted by atomic mass is 19.1. The molecule has 5 nitrogen and oxygen atoms in total. The first-order chi connectivity index (χ1) is 11.5. The molecule has 3 rings (SSSR count). The number of hydrogen-bond donors (Lipinski definition) is 0. The third kappa shape index (κ3) is 3.32. The molecule has 0 radical (unpaired) electrons. The molecule has 6 heteroatoms. The van der Waals surface area contributed by atoms with E-state index in [1.54, 1.807) is 43.4 Å². The van der Waals surface area contributed by atoms with E-state index in [1.165, 1.54) is 27.9 Å². The van der Waals surface area contributed by atoms with E-state index in [-0.39, 0.29) is 23.8 Å². The molecule has 0 aliphatic carbocycles. The van der Waals surface area contributed by atoms with Gasteiger partial charge in [-0.25, -0.2) is 9.37 Å². The van der Waals surface area contributed by atoms with Gasteiger partial charge in [0, 0.05) is 13.6 Å². The average Bonchev–Trinajstić information content (AvgIpc) is 2.59. The van der Waals surface area contributed by atoms with Crippen LogP contribution < -0.4 is 5.56 Å². The topological polar surface area (TPSA) is 55.2 Å². The first kappa shape index (κ1) is 15.9. The quantitative estimate of drug-likeness (QED) is 0.739. The number of fused-ring (bicyclic) bond motifs is 1. The number of benzene rings is 2. The highest BCUT2D eigenvalue weighted by Gasteiger charge is 2.12. The van der Waals surface area contributed by atoms with Gasteiger partial charge in [0.1, 0.15) is 12.4 Å². The van der Waals surface area contributed by atoms with Crippen molar-refractivity contribution in [3.63, 3.8) is 0 Å². The molecule has 0 aliphatic heterocycles. The monoisotopic (exact) mass is 325 g/mol. The molecule has 1 heterocycles. The summed E-state index contributed by atoms with van der Waals surface area (Å²) in [4.78, 5) is 30.4. The second-order valence-electron chi connectivity index (χ2n) is 5.57. The van der Waals surface area contributed by atoms with Crippen LogP contribution in [-0.2, 0) is 17.9 Å². The lowest BCUT2D eigenvalue weighted by molar-refractivity contribution is -0.131. The maximum absolute atomic E-state index is 12.9. The summed E-state index contributed by atoms with van der Waals surface area (Å²) in [6.45, 7) is 0.253. The van der Waals surface area contributed by atoms with E-state index in [1.807, 2.05) is 0 Å². The fourth-order valence-corrected chi connectivity index (χ4v) is 2.44. The molecule has 24 heavy (non-hydrogen) atoms. The van der Waals surface area contributed by atoms with Gasteiger partial charge in [-0.15, -0.1) is 0 Å². The lowest BCUT2D eigenvalue weighted by atomic mass is 10.2. The van der Waals surface area contributed by atoms with Crippen LogP contribution in [0.25, 0.3) is 10.9 Å². The molecule has 0 bridgehead atoms. The normalized spacial score (nSPS) is 10.8. The molecule has 1 aromatic heterocycles. The molecule has 0 spiro atoms. The van der Waals surface area contributed by atoms with Crippen molar-refractivity contribution in [2.24, 2.45) is 0 Å². The van der Waals surface area contributed by atoms with Crippen LogP contribution in [-0.4, -0.2) is 27.4 Å². The minimum atomic E-state index is -0.318. The van der Waals surface area contributed by atoms with Gasteiger partial charge < -0.3 is 4.90 Å². The lowest BCUT2D eigenvalue weighted by Gasteiger charge is -2.18. The summed E-state index contributed by atoms with van der Waals surface area (Å²) in [5.41, 5.74) is 1.17. The van der Waals surface area contributed by atoms with Gasteiger partial charge in [-0.05, 0) is 29.8 Å². The predicted octanol–water partition coefficient (Wildman–Crippen LogP) is 2.19. The van der Waals surface area contributed by atoms with Crippen molar-refractivity contribution in [2.75, 3.05) is 7.05 Å². The predicted molar refractivity (Wildman–Crippen MR) is 88.9 cm³/mol. The number of hydrogen-bond acceptors (Lipinski definition) is 3. The fraction of sp³-hybridized carbons (Fsp3) is 0.167. The Hall–Kier alpha value is -3.02. The molecule has 2 aromatic carbocycles. The van der Waals surface area contributed by atoms with Crippen molar-refractivity contribution in [1.29, 1.82) is 0 Å².